The van der Waals surface area contributed by atoms with Gasteiger partial charge in [0.1, 0.15) is 0 Å². The number of carboxylic acid groups (broad SMARTS) is 1. The van der Waals surface area contributed by atoms with Gasteiger partial charge in [-0.1, -0.05) is 6.07 Å². The van der Waals surface area contributed by atoms with Crippen LogP contribution in [0.5, 0.6) is 0 Å². The van der Waals surface area contributed by atoms with E-state index >= 15 is 0 Å². The molecule has 6 nitrogen and oxygen atoms in total. The number of aromatic carboxylic acids is 1. The van der Waals surface area contributed by atoms with Crippen LogP contribution < -0.4 is 16.1 Å². The van der Waals surface area contributed by atoms with Crippen molar-refractivity contribution >= 4 is 17.0 Å². The van der Waals surface area contributed by atoms with Crippen molar-refractivity contribution in [3.05, 3.63) is 34.2 Å². The highest BCUT2D eigenvalue weighted by molar-refractivity contribution is 5.91. The number of quaternary nitrogens is 1. The Morgan fingerprint density at radius 2 is 2.11 bits per heavy atom. The molecule has 0 bridgehead atoms. The van der Waals surface area contributed by atoms with Crippen molar-refractivity contribution in [1.82, 2.24) is 9.55 Å². The van der Waals surface area contributed by atoms with Gasteiger partial charge in [-0.2, -0.15) is 0 Å². The molecule has 1 saturated heterocycles. The number of fused-ring (bicyclic) bond motifs is 1. The number of nitrogens with zero attached hydrogens (tertiary/aromatic N) is 1. The van der Waals surface area contributed by atoms with E-state index in [4.69, 9.17) is 0 Å². The van der Waals surface area contributed by atoms with Gasteiger partial charge in [0.05, 0.1) is 30.1 Å². The van der Waals surface area contributed by atoms with E-state index < -0.39 is 5.97 Å². The van der Waals surface area contributed by atoms with Crippen LogP contribution in [0.15, 0.2) is 23.0 Å². The minimum atomic E-state index is -1.23. The predicted octanol–water partition coefficient (Wildman–Crippen LogP) is -1.41. The van der Waals surface area contributed by atoms with Gasteiger partial charge in [-0.15, -0.1) is 0 Å². The lowest BCUT2D eigenvalue weighted by Crippen LogP contribution is -2.86. The minimum absolute atomic E-state index is 0.0814. The normalized spacial score (nSPS) is 16.8. The average Bonchev–Trinajstić information content (AvgIpc) is 2.74. The second-order valence-electron chi connectivity index (χ2n) is 4.92. The van der Waals surface area contributed by atoms with Gasteiger partial charge in [0.15, 0.2) is 0 Å². The quantitative estimate of drug-likeness (QED) is 0.695. The summed E-state index contributed by atoms with van der Waals surface area (Å²) < 4.78 is 1.75. The third kappa shape index (κ3) is 2.04. The lowest BCUT2D eigenvalue weighted by molar-refractivity contribution is -0.664. The largest absolute Gasteiger partial charge is 0.545 e. The minimum Gasteiger partial charge on any atom is -0.545 e. The number of hydrogen-bond donors (Lipinski definition) is 2. The van der Waals surface area contributed by atoms with E-state index in [1.165, 1.54) is 12.1 Å². The molecule has 2 heterocycles. The van der Waals surface area contributed by atoms with Crippen LogP contribution in [-0.2, 0) is 0 Å². The number of nitrogens with one attached hydrogen (secondary N) is 1. The molecule has 1 aliphatic rings. The van der Waals surface area contributed by atoms with Crippen LogP contribution in [0.3, 0.4) is 0 Å². The maximum atomic E-state index is 12.1. The monoisotopic (exact) mass is 261 g/mol. The first kappa shape index (κ1) is 12.0. The van der Waals surface area contributed by atoms with Gasteiger partial charge in [-0.25, -0.2) is 4.79 Å². The van der Waals surface area contributed by atoms with Crippen LogP contribution >= 0.6 is 0 Å². The van der Waals surface area contributed by atoms with E-state index in [0.29, 0.717) is 5.52 Å². The van der Waals surface area contributed by atoms with Crippen LogP contribution in [0.4, 0.5) is 0 Å². The summed E-state index contributed by atoms with van der Waals surface area (Å²) >= 11 is 0. The van der Waals surface area contributed by atoms with Crippen LogP contribution in [0.2, 0.25) is 0 Å². The highest BCUT2D eigenvalue weighted by Crippen LogP contribution is 2.21. The van der Waals surface area contributed by atoms with Crippen molar-refractivity contribution in [3.63, 3.8) is 0 Å². The molecular formula is C13H15N3O3. The second kappa shape index (κ2) is 4.55. The van der Waals surface area contributed by atoms with Gasteiger partial charge in [0.25, 0.3) is 0 Å². The smallest absolute Gasteiger partial charge is 0.326 e. The third-order valence-electron chi connectivity index (χ3n) is 3.73. The fourth-order valence-corrected chi connectivity index (χ4v) is 2.79. The van der Waals surface area contributed by atoms with Crippen LogP contribution in [0, 0.1) is 0 Å². The Hall–Kier alpha value is -2.08. The SMILES string of the molecule is O=C([O-])c1ccc2c(c1)[nH]c(=O)n2C1CC[NH2+]CC1. The Balaban J connectivity index is 2.11. The zero-order chi connectivity index (χ0) is 13.4. The van der Waals surface area contributed by atoms with Crippen molar-refractivity contribution in [2.45, 2.75) is 18.9 Å². The molecule has 3 rings (SSSR count). The third-order valence-corrected chi connectivity index (χ3v) is 3.73. The molecule has 19 heavy (non-hydrogen) atoms. The first-order valence-corrected chi connectivity index (χ1v) is 6.44. The number of carboxylic acids is 1. The number of benzene rings is 1. The van der Waals surface area contributed by atoms with Gasteiger partial charge in [0.2, 0.25) is 0 Å². The maximum Gasteiger partial charge on any atom is 0.326 e. The van der Waals surface area contributed by atoms with Crippen molar-refractivity contribution in [2.24, 2.45) is 0 Å². The Morgan fingerprint density at radius 1 is 1.37 bits per heavy atom. The number of imidazole rings is 1. The number of carbonyl (C=O) groups excluding carboxylic acids is 1. The zero-order valence-electron chi connectivity index (χ0n) is 10.4. The van der Waals surface area contributed by atoms with Crippen LogP contribution in [0.25, 0.3) is 11.0 Å². The summed E-state index contributed by atoms with van der Waals surface area (Å²) in [7, 11) is 0. The number of aromatic amines is 1. The van der Waals surface area contributed by atoms with Crippen LogP contribution in [0.1, 0.15) is 29.2 Å². The fourth-order valence-electron chi connectivity index (χ4n) is 2.79. The molecule has 0 amide bonds. The summed E-state index contributed by atoms with van der Waals surface area (Å²) in [5, 5.41) is 13.1. The van der Waals surface area contributed by atoms with Gasteiger partial charge < -0.3 is 20.2 Å². The second-order valence-corrected chi connectivity index (χ2v) is 4.92. The molecule has 1 aromatic carbocycles. The predicted molar refractivity (Wildman–Crippen MR) is 66.8 cm³/mol. The lowest BCUT2D eigenvalue weighted by atomic mass is 10.1. The Morgan fingerprint density at radius 3 is 2.79 bits per heavy atom. The van der Waals surface area contributed by atoms with Crippen molar-refractivity contribution < 1.29 is 15.2 Å². The average molecular weight is 261 g/mol. The molecule has 0 saturated carbocycles. The summed E-state index contributed by atoms with van der Waals surface area (Å²) in [5.74, 6) is -1.23. The highest BCUT2D eigenvalue weighted by atomic mass is 16.4. The van der Waals surface area contributed by atoms with E-state index in [-0.39, 0.29) is 17.3 Å². The van der Waals surface area contributed by atoms with Crippen molar-refractivity contribution in [3.8, 4) is 0 Å². The molecule has 0 unspecified atom stereocenters. The highest BCUT2D eigenvalue weighted by Gasteiger charge is 2.21. The number of piperidine rings is 1. The molecule has 0 spiro atoms. The molecule has 3 N–H and O–H groups in total. The Bertz CT molecular complexity index is 680. The molecule has 1 fully saturated rings. The van der Waals surface area contributed by atoms with E-state index in [0.717, 1.165) is 31.4 Å². The van der Waals surface area contributed by atoms with Gasteiger partial charge in [-0.3, -0.25) is 4.57 Å². The fraction of sp³-hybridized carbons (Fsp3) is 0.385. The first-order valence-electron chi connectivity index (χ1n) is 6.44. The Kier molecular flexibility index (Phi) is 2.87. The number of nitrogens with two attached hydrogens (primary N) is 1. The van der Waals surface area contributed by atoms with E-state index in [9.17, 15) is 14.7 Å². The maximum absolute atomic E-state index is 12.1. The summed E-state index contributed by atoms with van der Waals surface area (Å²) in [6.07, 6.45) is 1.91. The van der Waals surface area contributed by atoms with Gasteiger partial charge >= 0.3 is 5.69 Å². The molecular weight excluding hydrogens is 246 g/mol. The van der Waals surface area contributed by atoms with E-state index in [1.54, 1.807) is 10.6 Å². The number of rotatable bonds is 2. The lowest BCUT2D eigenvalue weighted by Gasteiger charge is -2.21. The number of aromatic nitrogens is 2. The summed E-state index contributed by atoms with van der Waals surface area (Å²) in [6.45, 7) is 2.03. The molecule has 1 aromatic heterocycles. The molecule has 0 aliphatic carbocycles. The zero-order valence-corrected chi connectivity index (χ0v) is 10.4. The van der Waals surface area contributed by atoms with Crippen molar-refractivity contribution in [1.29, 1.82) is 0 Å². The number of H-pyrrole nitrogens is 1. The number of hydrogen-bond acceptors (Lipinski definition) is 3. The topological polar surface area (TPSA) is 94.5 Å². The molecule has 0 atom stereocenters. The van der Waals surface area contributed by atoms with E-state index in [1.807, 2.05) is 0 Å². The molecule has 1 aliphatic heterocycles. The van der Waals surface area contributed by atoms with Gasteiger partial charge in [0, 0.05) is 18.9 Å². The molecule has 100 valence electrons. The van der Waals surface area contributed by atoms with Gasteiger partial charge in [-0.05, 0) is 17.7 Å². The molecule has 0 radical (unpaired) electrons. The van der Waals surface area contributed by atoms with E-state index in [2.05, 4.69) is 10.3 Å². The van der Waals surface area contributed by atoms with Crippen LogP contribution in [-0.4, -0.2) is 28.6 Å². The standard InChI is InChI=1S/C13H15N3O3/c17-12(18)8-1-2-11-10(7-8)15-13(19)16(11)9-3-5-14-6-4-9/h1-2,7,9,14H,3-6H2,(H,15,19)(H,17,18). The number of carbonyl (C=O) groups is 1. The summed E-state index contributed by atoms with van der Waals surface area (Å²) in [6, 6.07) is 4.81. The molecule has 6 heteroatoms. The first-order chi connectivity index (χ1) is 9.16. The Labute approximate surface area is 109 Å². The molecule has 2 aromatic rings. The summed E-state index contributed by atoms with van der Waals surface area (Å²) in [4.78, 5) is 25.6. The summed E-state index contributed by atoms with van der Waals surface area (Å²) in [5.41, 5.74) is 1.23. The van der Waals surface area contributed by atoms with Crippen molar-refractivity contribution in [2.75, 3.05) is 13.1 Å².